The molecule has 0 rings (SSSR count). The van der Waals surface area contributed by atoms with Gasteiger partial charge in [0.1, 0.15) is 0 Å². The standard InChI is InChI=1S/C33H61NO6/c1-5-9-10-11-12-13-14-15-16-17-18-19-20-21-22-23-24-25-26-27-34(28(6-2)31(35)36,29(7-3)32(37)38)30(8-4)33(39)40/h20-21,28-30H,5-19,22-27H2,1-4H3,(H2-,35,36,37,38,39,40)/p+1/b21-20+. The third-order valence-electron chi connectivity index (χ3n) is 8.56. The summed E-state index contributed by atoms with van der Waals surface area (Å²) in [4.78, 5) is 36.8. The molecule has 0 heterocycles. The quantitative estimate of drug-likeness (QED) is 0.0495. The van der Waals surface area contributed by atoms with Gasteiger partial charge in [0, 0.05) is 19.3 Å². The van der Waals surface area contributed by atoms with Gasteiger partial charge in [-0.3, -0.25) is 4.48 Å². The van der Waals surface area contributed by atoms with E-state index in [0.717, 1.165) is 32.1 Å². The fourth-order valence-electron chi connectivity index (χ4n) is 6.44. The summed E-state index contributed by atoms with van der Waals surface area (Å²) >= 11 is 0. The maximum absolute atomic E-state index is 12.3. The third-order valence-corrected chi connectivity index (χ3v) is 8.56. The second kappa shape index (κ2) is 23.8. The Bertz CT molecular complexity index is 652. The number of aliphatic carboxylic acids is 3. The van der Waals surface area contributed by atoms with Crippen LogP contribution in [-0.2, 0) is 14.4 Å². The number of unbranched alkanes of at least 4 members (excludes halogenated alkanes) is 15. The van der Waals surface area contributed by atoms with Crippen LogP contribution in [0.2, 0.25) is 0 Å². The Balaban J connectivity index is 4.56. The minimum absolute atomic E-state index is 0.187. The molecule has 0 bridgehead atoms. The fraction of sp³-hybridized carbons (Fsp3) is 0.848. The van der Waals surface area contributed by atoms with E-state index in [9.17, 15) is 29.7 Å². The van der Waals surface area contributed by atoms with Crippen LogP contribution in [0.15, 0.2) is 12.2 Å². The molecule has 0 aromatic carbocycles. The molecule has 7 heteroatoms. The van der Waals surface area contributed by atoms with Crippen molar-refractivity contribution in [2.24, 2.45) is 0 Å². The van der Waals surface area contributed by atoms with Gasteiger partial charge in [0.05, 0.1) is 6.54 Å². The fourth-order valence-corrected chi connectivity index (χ4v) is 6.44. The first kappa shape index (κ1) is 38.1. The molecule has 0 aromatic heterocycles. The molecule has 0 fully saturated rings. The molecule has 0 radical (unpaired) electrons. The normalized spacial score (nSPS) is 15.5. The molecular formula is C33H62NO6+. The predicted molar refractivity (Wildman–Crippen MR) is 164 cm³/mol. The van der Waals surface area contributed by atoms with Crippen LogP contribution in [0.1, 0.15) is 156 Å². The van der Waals surface area contributed by atoms with Crippen LogP contribution >= 0.6 is 0 Å². The molecular weight excluding hydrogens is 506 g/mol. The second-order valence-corrected chi connectivity index (χ2v) is 11.5. The van der Waals surface area contributed by atoms with Crippen LogP contribution in [-0.4, -0.2) is 62.4 Å². The summed E-state index contributed by atoms with van der Waals surface area (Å²) in [6.45, 7) is 7.62. The summed E-state index contributed by atoms with van der Waals surface area (Å²) in [5, 5.41) is 30.0. The lowest BCUT2D eigenvalue weighted by Crippen LogP contribution is -2.72. The molecule has 3 N–H and O–H groups in total. The van der Waals surface area contributed by atoms with Gasteiger partial charge in [-0.1, -0.05) is 110 Å². The Kier molecular flexibility index (Phi) is 22.7. The lowest BCUT2D eigenvalue weighted by molar-refractivity contribution is -0.973. The van der Waals surface area contributed by atoms with Crippen LogP contribution in [0.3, 0.4) is 0 Å². The number of quaternary nitrogens is 1. The summed E-state index contributed by atoms with van der Waals surface area (Å²) in [7, 11) is 0. The zero-order chi connectivity index (χ0) is 30.2. The second-order valence-electron chi connectivity index (χ2n) is 11.5. The van der Waals surface area contributed by atoms with Crippen LogP contribution in [0.5, 0.6) is 0 Å². The number of carbonyl (C=O) groups is 3. The highest BCUT2D eigenvalue weighted by atomic mass is 16.4. The van der Waals surface area contributed by atoms with Gasteiger partial charge in [-0.25, -0.2) is 14.4 Å². The number of allylic oxidation sites excluding steroid dienone is 2. The Morgan fingerprint density at radius 1 is 0.500 bits per heavy atom. The minimum Gasteiger partial charge on any atom is -0.477 e. The molecule has 0 amide bonds. The number of carboxylic acids is 3. The van der Waals surface area contributed by atoms with E-state index < -0.39 is 40.5 Å². The highest BCUT2D eigenvalue weighted by molar-refractivity contribution is 5.78. The molecule has 0 aliphatic rings. The molecule has 3 atom stereocenters. The largest absolute Gasteiger partial charge is 0.477 e. The first-order chi connectivity index (χ1) is 19.2. The monoisotopic (exact) mass is 568 g/mol. The summed E-state index contributed by atoms with van der Waals surface area (Å²) in [5.41, 5.74) is 0. The van der Waals surface area contributed by atoms with Crippen LogP contribution in [0, 0.1) is 0 Å². The van der Waals surface area contributed by atoms with Gasteiger partial charge in [-0.2, -0.15) is 0 Å². The zero-order valence-corrected chi connectivity index (χ0v) is 26.2. The Hall–Kier alpha value is -1.89. The van der Waals surface area contributed by atoms with Gasteiger partial charge in [0.25, 0.3) is 0 Å². The van der Waals surface area contributed by atoms with Crippen molar-refractivity contribution in [3.05, 3.63) is 12.2 Å². The van der Waals surface area contributed by atoms with Crippen LogP contribution in [0.4, 0.5) is 0 Å². The van der Waals surface area contributed by atoms with Crippen molar-refractivity contribution in [2.45, 2.75) is 174 Å². The molecule has 0 aromatic rings. The molecule has 0 aliphatic carbocycles. The number of hydrogen-bond acceptors (Lipinski definition) is 3. The number of carboxylic acid groups (broad SMARTS) is 3. The van der Waals surface area contributed by atoms with Gasteiger partial charge >= 0.3 is 17.9 Å². The third kappa shape index (κ3) is 14.1. The SMILES string of the molecule is CCCCCCCCCCCCC/C=C/CCCCCC[N+](C(CC)C(=O)O)(C(CC)C(=O)O)C(CC)C(=O)O. The lowest BCUT2D eigenvalue weighted by Gasteiger charge is -2.49. The Morgan fingerprint density at radius 3 is 1.10 bits per heavy atom. The summed E-state index contributed by atoms with van der Waals surface area (Å²) < 4.78 is -0.414. The average molecular weight is 569 g/mol. The van der Waals surface area contributed by atoms with Crippen molar-refractivity contribution in [1.29, 1.82) is 0 Å². The molecule has 0 saturated carbocycles. The predicted octanol–water partition coefficient (Wildman–Crippen LogP) is 8.60. The van der Waals surface area contributed by atoms with Crippen molar-refractivity contribution in [1.82, 2.24) is 0 Å². The minimum atomic E-state index is -1.12. The molecule has 7 nitrogen and oxygen atoms in total. The number of hydrogen-bond donors (Lipinski definition) is 3. The van der Waals surface area contributed by atoms with E-state index in [1.165, 1.54) is 70.6 Å². The summed E-state index contributed by atoms with van der Waals surface area (Å²) in [6.07, 6.45) is 25.6. The van der Waals surface area contributed by atoms with Gasteiger partial charge in [-0.15, -0.1) is 0 Å². The summed E-state index contributed by atoms with van der Waals surface area (Å²) in [6, 6.07) is -3.21. The highest BCUT2D eigenvalue weighted by Crippen LogP contribution is 2.32. The first-order valence-corrected chi connectivity index (χ1v) is 16.4. The van der Waals surface area contributed by atoms with E-state index in [-0.39, 0.29) is 25.8 Å². The molecule has 40 heavy (non-hydrogen) atoms. The van der Waals surface area contributed by atoms with E-state index in [4.69, 9.17) is 0 Å². The zero-order valence-electron chi connectivity index (χ0n) is 26.2. The van der Waals surface area contributed by atoms with E-state index in [1.807, 2.05) is 0 Å². The highest BCUT2D eigenvalue weighted by Gasteiger charge is 2.55. The van der Waals surface area contributed by atoms with E-state index in [1.54, 1.807) is 20.8 Å². The van der Waals surface area contributed by atoms with E-state index in [0.29, 0.717) is 6.42 Å². The van der Waals surface area contributed by atoms with Crippen molar-refractivity contribution in [3.8, 4) is 0 Å². The van der Waals surface area contributed by atoms with Crippen molar-refractivity contribution in [2.75, 3.05) is 6.54 Å². The maximum Gasteiger partial charge on any atom is 0.362 e. The number of nitrogens with zero attached hydrogens (tertiary/aromatic N) is 1. The molecule has 0 aliphatic heterocycles. The molecule has 234 valence electrons. The Morgan fingerprint density at radius 2 is 0.800 bits per heavy atom. The summed E-state index contributed by atoms with van der Waals surface area (Å²) in [5.74, 6) is -3.36. The molecule has 3 unspecified atom stereocenters. The van der Waals surface area contributed by atoms with Crippen molar-refractivity contribution >= 4 is 17.9 Å². The lowest BCUT2D eigenvalue weighted by atomic mass is 9.94. The van der Waals surface area contributed by atoms with Gasteiger partial charge in [-0.05, 0) is 38.5 Å². The van der Waals surface area contributed by atoms with Crippen LogP contribution in [0.25, 0.3) is 0 Å². The number of rotatable bonds is 28. The van der Waals surface area contributed by atoms with Gasteiger partial charge in [0.15, 0.2) is 18.1 Å². The topological polar surface area (TPSA) is 112 Å². The van der Waals surface area contributed by atoms with Gasteiger partial charge in [0.2, 0.25) is 0 Å². The van der Waals surface area contributed by atoms with Crippen molar-refractivity contribution in [3.63, 3.8) is 0 Å². The molecule has 0 spiro atoms. The van der Waals surface area contributed by atoms with Crippen molar-refractivity contribution < 1.29 is 34.2 Å². The van der Waals surface area contributed by atoms with E-state index >= 15 is 0 Å². The smallest absolute Gasteiger partial charge is 0.362 e. The van der Waals surface area contributed by atoms with E-state index in [2.05, 4.69) is 19.1 Å². The maximum atomic E-state index is 12.3. The average Bonchev–Trinajstić information content (AvgIpc) is 2.90. The van der Waals surface area contributed by atoms with Gasteiger partial charge < -0.3 is 15.3 Å². The van der Waals surface area contributed by atoms with Crippen LogP contribution < -0.4 is 0 Å². The molecule has 0 saturated heterocycles. The Labute approximate surface area is 245 Å². The first-order valence-electron chi connectivity index (χ1n) is 16.4.